The molecule has 3 aliphatic rings. The molecule has 0 aliphatic carbocycles. The minimum Gasteiger partial charge on any atom is -0.342 e. The van der Waals surface area contributed by atoms with Gasteiger partial charge in [0.25, 0.3) is 0 Å². The van der Waals surface area contributed by atoms with Crippen LogP contribution in [-0.2, 0) is 42.1 Å². The van der Waals surface area contributed by atoms with Crippen molar-refractivity contribution in [3.63, 3.8) is 0 Å². The van der Waals surface area contributed by atoms with Crippen molar-refractivity contribution < 1.29 is 42.1 Å². The van der Waals surface area contributed by atoms with Crippen molar-refractivity contribution in [3.8, 4) is 0 Å². The van der Waals surface area contributed by atoms with Gasteiger partial charge in [-0.15, -0.1) is 0 Å². The smallest absolute Gasteiger partial charge is 0.337 e. The number of fused-ring (bicyclic) bond motifs is 3. The van der Waals surface area contributed by atoms with Gasteiger partial charge in [-0.3, -0.25) is 9.36 Å². The summed E-state index contributed by atoms with van der Waals surface area (Å²) < 4.78 is 51.2. The first-order valence-electron chi connectivity index (χ1n) is 8.09. The Bertz CT molecular complexity index is 582. The van der Waals surface area contributed by atoms with E-state index in [1.807, 2.05) is 0 Å². The third kappa shape index (κ3) is 3.70. The van der Waals surface area contributed by atoms with Crippen molar-refractivity contribution in [2.45, 2.75) is 70.0 Å². The van der Waals surface area contributed by atoms with E-state index in [1.54, 1.807) is 27.7 Å². The van der Waals surface area contributed by atoms with Crippen LogP contribution in [0, 0.1) is 0 Å². The minimum atomic E-state index is -3.52. The Morgan fingerprint density at radius 1 is 0.920 bits per heavy atom. The highest BCUT2D eigenvalue weighted by molar-refractivity contribution is 7.54. The zero-order valence-electron chi connectivity index (χ0n) is 15.2. The summed E-state index contributed by atoms with van der Waals surface area (Å²) in [5.41, 5.74) is 0. The molecule has 0 amide bonds. The highest BCUT2D eigenvalue weighted by atomic mass is 31.2. The van der Waals surface area contributed by atoms with Crippen LogP contribution < -0.4 is 0 Å². The molecule has 0 aromatic heterocycles. The molecule has 3 heterocycles. The van der Waals surface area contributed by atoms with E-state index < -0.39 is 61.8 Å². The lowest BCUT2D eigenvalue weighted by molar-refractivity contribution is -0.230. The molecule has 3 saturated heterocycles. The van der Waals surface area contributed by atoms with Crippen molar-refractivity contribution in [1.82, 2.24) is 0 Å². The molecular weight excluding hydrogens is 355 g/mol. The maximum absolute atomic E-state index is 12.7. The standard InChI is InChI=1S/C15H25O9P/c1-14(2)21-10-9(8(16)7-25(17,18-5)19-6)20-13-12(11(10)22-14)23-15(3,4)24-13/h9-13H,7H2,1-6H3. The van der Waals surface area contributed by atoms with Gasteiger partial charge in [-0.25, -0.2) is 0 Å². The molecule has 5 unspecified atom stereocenters. The summed E-state index contributed by atoms with van der Waals surface area (Å²) in [7, 11) is -1.07. The third-order valence-electron chi connectivity index (χ3n) is 4.38. The first-order chi connectivity index (χ1) is 11.5. The summed E-state index contributed by atoms with van der Waals surface area (Å²) in [4.78, 5) is 12.7. The third-order valence-corrected chi connectivity index (χ3v) is 6.19. The number of carbonyl (C=O) groups is 1. The molecule has 25 heavy (non-hydrogen) atoms. The van der Waals surface area contributed by atoms with Crippen molar-refractivity contribution in [2.24, 2.45) is 0 Å². The highest BCUT2D eigenvalue weighted by Crippen LogP contribution is 2.49. The number of ketones is 1. The summed E-state index contributed by atoms with van der Waals surface area (Å²) in [5, 5.41) is 0. The topological polar surface area (TPSA) is 98.8 Å². The predicted molar refractivity (Wildman–Crippen MR) is 84.0 cm³/mol. The highest BCUT2D eigenvalue weighted by Gasteiger charge is 2.62. The summed E-state index contributed by atoms with van der Waals surface area (Å²) in [6.07, 6.45) is -4.02. The molecule has 144 valence electrons. The van der Waals surface area contributed by atoms with Crippen molar-refractivity contribution >= 4 is 13.4 Å². The molecule has 3 fully saturated rings. The van der Waals surface area contributed by atoms with E-state index in [2.05, 4.69) is 0 Å². The number of rotatable bonds is 5. The molecule has 0 N–H and O–H groups in total. The Balaban J connectivity index is 1.84. The average Bonchev–Trinajstić information content (AvgIpc) is 3.00. The predicted octanol–water partition coefficient (Wildman–Crippen LogP) is 1.44. The molecular formula is C15H25O9P. The van der Waals surface area contributed by atoms with E-state index in [4.69, 9.17) is 32.7 Å². The van der Waals surface area contributed by atoms with Gasteiger partial charge in [-0.2, -0.15) is 0 Å². The SMILES string of the molecule is COP(=O)(CC(=O)C1OC2OC(C)(C)OC2C2OC(C)(C)OC12)OC. The van der Waals surface area contributed by atoms with Gasteiger partial charge in [0.05, 0.1) is 0 Å². The van der Waals surface area contributed by atoms with Crippen molar-refractivity contribution in [3.05, 3.63) is 0 Å². The Hall–Kier alpha value is -0.380. The lowest BCUT2D eigenvalue weighted by atomic mass is 9.97. The van der Waals surface area contributed by atoms with E-state index in [0.717, 1.165) is 0 Å². The maximum atomic E-state index is 12.7. The van der Waals surface area contributed by atoms with E-state index >= 15 is 0 Å². The van der Waals surface area contributed by atoms with Crippen molar-refractivity contribution in [1.29, 1.82) is 0 Å². The normalized spacial score (nSPS) is 39.0. The first-order valence-corrected chi connectivity index (χ1v) is 9.82. The molecule has 5 atom stereocenters. The van der Waals surface area contributed by atoms with Gasteiger partial charge >= 0.3 is 7.60 Å². The van der Waals surface area contributed by atoms with E-state index in [0.29, 0.717) is 0 Å². The van der Waals surface area contributed by atoms with Gasteiger partial charge < -0.3 is 32.7 Å². The van der Waals surface area contributed by atoms with E-state index in [1.165, 1.54) is 14.2 Å². The summed E-state index contributed by atoms with van der Waals surface area (Å²) in [5.74, 6) is -2.24. The van der Waals surface area contributed by atoms with Crippen LogP contribution in [0.1, 0.15) is 27.7 Å². The quantitative estimate of drug-likeness (QED) is 0.656. The molecule has 0 aromatic carbocycles. The molecule has 0 saturated carbocycles. The number of ether oxygens (including phenoxy) is 5. The molecule has 3 rings (SSSR count). The monoisotopic (exact) mass is 380 g/mol. The second-order valence-corrected chi connectivity index (χ2v) is 9.46. The number of Topliss-reactive ketones (excluding diaryl/α,β-unsaturated/α-hetero) is 1. The zero-order valence-corrected chi connectivity index (χ0v) is 16.1. The van der Waals surface area contributed by atoms with Crippen LogP contribution in [0.15, 0.2) is 0 Å². The molecule has 10 heteroatoms. The maximum Gasteiger partial charge on any atom is 0.337 e. The second-order valence-electron chi connectivity index (χ2n) is 7.19. The lowest BCUT2D eigenvalue weighted by Crippen LogP contribution is -2.57. The van der Waals surface area contributed by atoms with Gasteiger partial charge in [-0.1, -0.05) is 0 Å². The summed E-state index contributed by atoms with van der Waals surface area (Å²) in [6.45, 7) is 7.01. The molecule has 0 radical (unpaired) electrons. The Morgan fingerprint density at radius 2 is 1.44 bits per heavy atom. The Labute approximate surface area is 146 Å². The molecule has 3 aliphatic heterocycles. The van der Waals surface area contributed by atoms with Crippen molar-refractivity contribution in [2.75, 3.05) is 20.4 Å². The number of hydrogen-bond donors (Lipinski definition) is 0. The zero-order chi connectivity index (χ0) is 18.6. The summed E-state index contributed by atoms with van der Waals surface area (Å²) in [6, 6.07) is 0. The fourth-order valence-electron chi connectivity index (χ4n) is 3.36. The minimum absolute atomic E-state index is 0.431. The van der Waals surface area contributed by atoms with Crippen LogP contribution in [0.3, 0.4) is 0 Å². The average molecular weight is 380 g/mol. The molecule has 0 aromatic rings. The lowest BCUT2D eigenvalue weighted by Gasteiger charge is -2.36. The fourth-order valence-corrected chi connectivity index (χ4v) is 4.32. The molecule has 9 nitrogen and oxygen atoms in total. The number of hydrogen-bond acceptors (Lipinski definition) is 9. The van der Waals surface area contributed by atoms with Crippen LogP contribution >= 0.6 is 7.60 Å². The van der Waals surface area contributed by atoms with Gasteiger partial charge in [-0.05, 0) is 27.7 Å². The first kappa shape index (κ1) is 19.4. The Kier molecular flexibility index (Phi) is 4.92. The van der Waals surface area contributed by atoms with Gasteiger partial charge in [0.2, 0.25) is 0 Å². The summed E-state index contributed by atoms with van der Waals surface area (Å²) >= 11 is 0. The molecule has 0 bridgehead atoms. The van der Waals surface area contributed by atoms with Crippen LogP contribution in [0.2, 0.25) is 0 Å². The van der Waals surface area contributed by atoms with E-state index in [9.17, 15) is 9.36 Å². The number of carbonyl (C=O) groups excluding carboxylic acids is 1. The van der Waals surface area contributed by atoms with Crippen LogP contribution in [0.5, 0.6) is 0 Å². The van der Waals surface area contributed by atoms with E-state index in [-0.39, 0.29) is 0 Å². The second kappa shape index (κ2) is 6.35. The van der Waals surface area contributed by atoms with Gasteiger partial charge in [0.1, 0.15) is 30.6 Å². The van der Waals surface area contributed by atoms with Gasteiger partial charge in [0, 0.05) is 14.2 Å². The van der Waals surface area contributed by atoms with Crippen LogP contribution in [0.25, 0.3) is 0 Å². The van der Waals surface area contributed by atoms with Crippen LogP contribution in [0.4, 0.5) is 0 Å². The molecule has 0 spiro atoms. The fraction of sp³-hybridized carbons (Fsp3) is 0.933. The largest absolute Gasteiger partial charge is 0.342 e. The van der Waals surface area contributed by atoms with Gasteiger partial charge in [0.15, 0.2) is 23.6 Å². The van der Waals surface area contributed by atoms with Crippen LogP contribution in [-0.4, -0.2) is 68.4 Å². The Morgan fingerprint density at radius 3 is 2.04 bits per heavy atom.